The van der Waals surface area contributed by atoms with Crippen molar-refractivity contribution in [2.45, 2.75) is 64.6 Å². The molecule has 1 aliphatic heterocycles. The molecule has 0 spiro atoms. The Morgan fingerprint density at radius 2 is 1.97 bits per heavy atom. The molecule has 3 atom stereocenters. The van der Waals surface area contributed by atoms with Crippen molar-refractivity contribution in [1.82, 2.24) is 9.88 Å². The average Bonchev–Trinajstić information content (AvgIpc) is 3.39. The summed E-state index contributed by atoms with van der Waals surface area (Å²) < 4.78 is 8.67. The summed E-state index contributed by atoms with van der Waals surface area (Å²) in [4.78, 5) is 29.5. The molecule has 0 bridgehead atoms. The number of ether oxygens (including phenoxy) is 1. The molecule has 0 radical (unpaired) electrons. The first-order valence-corrected chi connectivity index (χ1v) is 12.8. The van der Waals surface area contributed by atoms with Crippen LogP contribution in [0.3, 0.4) is 0 Å². The summed E-state index contributed by atoms with van der Waals surface area (Å²) in [6.07, 6.45) is 4.46. The van der Waals surface area contributed by atoms with Crippen molar-refractivity contribution < 1.29 is 14.3 Å². The molecule has 0 unspecified atom stereocenters. The van der Waals surface area contributed by atoms with Crippen molar-refractivity contribution >= 4 is 39.1 Å². The molecule has 2 aliphatic rings. The van der Waals surface area contributed by atoms with Gasteiger partial charge in [0.15, 0.2) is 0 Å². The highest BCUT2D eigenvalue weighted by Crippen LogP contribution is 2.38. The lowest BCUT2D eigenvalue weighted by Gasteiger charge is -2.45. The van der Waals surface area contributed by atoms with Gasteiger partial charge in [0.05, 0.1) is 23.4 Å². The van der Waals surface area contributed by atoms with E-state index in [9.17, 15) is 9.59 Å². The van der Waals surface area contributed by atoms with Crippen LogP contribution in [0.15, 0.2) is 41.8 Å². The number of aromatic nitrogens is 1. The summed E-state index contributed by atoms with van der Waals surface area (Å²) in [7, 11) is 0. The lowest BCUT2D eigenvalue weighted by molar-refractivity contribution is -0.127. The van der Waals surface area contributed by atoms with E-state index >= 15 is 0 Å². The van der Waals surface area contributed by atoms with Crippen LogP contribution in [0.4, 0.5) is 5.69 Å². The number of rotatable bonds is 5. The summed E-state index contributed by atoms with van der Waals surface area (Å²) in [5, 5.41) is 5.36. The molecule has 6 nitrogen and oxygen atoms in total. The molecule has 174 valence electrons. The highest BCUT2D eigenvalue weighted by molar-refractivity contribution is 7.17. The van der Waals surface area contributed by atoms with E-state index in [0.29, 0.717) is 30.5 Å². The maximum Gasteiger partial charge on any atom is 0.275 e. The van der Waals surface area contributed by atoms with Gasteiger partial charge >= 0.3 is 0 Å². The summed E-state index contributed by atoms with van der Waals surface area (Å²) in [5.41, 5.74) is 1.29. The van der Waals surface area contributed by atoms with Crippen LogP contribution in [0, 0.1) is 5.92 Å². The topological polar surface area (TPSA) is 63.6 Å². The Labute approximate surface area is 198 Å². The standard InChI is InChI=1S/C26H31N3O3S/c1-4-32-19-11-9-18(10-12-19)29-24(30)22-15-23-21(13-14-33-23)28(22)16-26(29,3)25(31)27-20-8-6-5-7-17(20)2/h9-15,17,20H,4-8,16H2,1-3H3,(H,27,31)/t17-,20-,26+/m0/s1. The molecule has 1 aliphatic carbocycles. The highest BCUT2D eigenvalue weighted by Gasteiger charge is 2.49. The molecule has 3 aromatic rings. The fraction of sp³-hybridized carbons (Fsp3) is 0.462. The fourth-order valence-corrected chi connectivity index (χ4v) is 6.15. The number of fused-ring (bicyclic) bond motifs is 3. The van der Waals surface area contributed by atoms with Crippen LogP contribution in [-0.4, -0.2) is 34.6 Å². The smallest absolute Gasteiger partial charge is 0.275 e. The summed E-state index contributed by atoms with van der Waals surface area (Å²) in [6.45, 7) is 7.03. The second-order valence-electron chi connectivity index (χ2n) is 9.47. The van der Waals surface area contributed by atoms with E-state index in [1.165, 1.54) is 6.42 Å². The Kier molecular flexibility index (Phi) is 5.69. The van der Waals surface area contributed by atoms with Crippen LogP contribution >= 0.6 is 11.3 Å². The third kappa shape index (κ3) is 3.72. The van der Waals surface area contributed by atoms with Gasteiger partial charge in [0.1, 0.15) is 17.0 Å². The van der Waals surface area contributed by atoms with Gasteiger partial charge < -0.3 is 14.6 Å². The number of carbonyl (C=O) groups is 2. The maximum atomic E-state index is 13.9. The van der Waals surface area contributed by atoms with E-state index in [0.717, 1.165) is 35.2 Å². The zero-order chi connectivity index (χ0) is 23.2. The summed E-state index contributed by atoms with van der Waals surface area (Å²) >= 11 is 1.62. The lowest BCUT2D eigenvalue weighted by Crippen LogP contribution is -2.65. The molecule has 1 N–H and O–H groups in total. The SMILES string of the molecule is CCOc1ccc(N2C(=O)c3cc4sccc4n3C[C@]2(C)C(=O)N[C@H]2CCCC[C@@H]2C)cc1. The van der Waals surface area contributed by atoms with Crippen LogP contribution < -0.4 is 15.0 Å². The van der Waals surface area contributed by atoms with E-state index < -0.39 is 5.54 Å². The molecule has 0 saturated heterocycles. The van der Waals surface area contributed by atoms with Crippen molar-refractivity contribution in [1.29, 1.82) is 0 Å². The number of hydrogen-bond donors (Lipinski definition) is 1. The third-order valence-electron chi connectivity index (χ3n) is 7.23. The first-order valence-electron chi connectivity index (χ1n) is 11.9. The minimum atomic E-state index is -1.05. The third-order valence-corrected chi connectivity index (χ3v) is 8.08. The Balaban J connectivity index is 1.56. The predicted octanol–water partition coefficient (Wildman–Crippen LogP) is 5.22. The number of thiophene rings is 1. The Morgan fingerprint density at radius 3 is 2.70 bits per heavy atom. The van der Waals surface area contributed by atoms with Crippen LogP contribution in [0.2, 0.25) is 0 Å². The number of nitrogens with one attached hydrogen (secondary N) is 1. The van der Waals surface area contributed by atoms with Crippen molar-refractivity contribution in [2.75, 3.05) is 11.5 Å². The second-order valence-corrected chi connectivity index (χ2v) is 10.4. The summed E-state index contributed by atoms with van der Waals surface area (Å²) in [5.74, 6) is 0.946. The van der Waals surface area contributed by atoms with E-state index in [1.54, 1.807) is 16.2 Å². The van der Waals surface area contributed by atoms with E-state index in [1.807, 2.05) is 60.2 Å². The van der Waals surface area contributed by atoms with Crippen LogP contribution in [0.25, 0.3) is 10.2 Å². The van der Waals surface area contributed by atoms with Gasteiger partial charge in [-0.15, -0.1) is 11.3 Å². The highest BCUT2D eigenvalue weighted by atomic mass is 32.1. The van der Waals surface area contributed by atoms with Crippen LogP contribution in [0.1, 0.15) is 56.9 Å². The van der Waals surface area contributed by atoms with E-state index in [2.05, 4.69) is 12.2 Å². The van der Waals surface area contributed by atoms with Gasteiger partial charge in [-0.2, -0.15) is 0 Å². The largest absolute Gasteiger partial charge is 0.494 e. The molecule has 1 aromatic carbocycles. The fourth-order valence-electron chi connectivity index (χ4n) is 5.33. The predicted molar refractivity (Wildman–Crippen MR) is 132 cm³/mol. The minimum Gasteiger partial charge on any atom is -0.494 e. The number of benzene rings is 1. The Hall–Kier alpha value is -2.80. The zero-order valence-corrected chi connectivity index (χ0v) is 20.3. The first-order chi connectivity index (χ1) is 15.9. The van der Waals surface area contributed by atoms with E-state index in [4.69, 9.17) is 4.74 Å². The lowest BCUT2D eigenvalue weighted by atomic mass is 9.85. The van der Waals surface area contributed by atoms with E-state index in [-0.39, 0.29) is 17.9 Å². The first kappa shape index (κ1) is 22.0. The number of carbonyl (C=O) groups excluding carboxylic acids is 2. The monoisotopic (exact) mass is 465 g/mol. The molecular weight excluding hydrogens is 434 g/mol. The van der Waals surface area contributed by atoms with Gasteiger partial charge in [0, 0.05) is 11.7 Å². The molecule has 5 rings (SSSR count). The van der Waals surface area contributed by atoms with Gasteiger partial charge in [-0.25, -0.2) is 0 Å². The van der Waals surface area contributed by atoms with Gasteiger partial charge in [-0.3, -0.25) is 14.5 Å². The van der Waals surface area contributed by atoms with Gasteiger partial charge in [-0.1, -0.05) is 19.8 Å². The van der Waals surface area contributed by atoms with Crippen molar-refractivity contribution in [3.63, 3.8) is 0 Å². The molecule has 7 heteroatoms. The van der Waals surface area contributed by atoms with Crippen LogP contribution in [-0.2, 0) is 11.3 Å². The molecule has 2 amide bonds. The zero-order valence-electron chi connectivity index (χ0n) is 19.5. The van der Waals surface area contributed by atoms with Crippen LogP contribution in [0.5, 0.6) is 5.75 Å². The quantitative estimate of drug-likeness (QED) is 0.562. The molecule has 2 aromatic heterocycles. The molecule has 1 fully saturated rings. The molecule has 33 heavy (non-hydrogen) atoms. The minimum absolute atomic E-state index is 0.0915. The number of anilines is 1. The number of amides is 2. The van der Waals surface area contributed by atoms with Gasteiger partial charge in [0.2, 0.25) is 5.91 Å². The Bertz CT molecular complexity index is 1180. The van der Waals surface area contributed by atoms with Crippen molar-refractivity contribution in [2.24, 2.45) is 5.92 Å². The molecule has 1 saturated carbocycles. The normalized spacial score (nSPS) is 25.2. The van der Waals surface area contributed by atoms with Crippen molar-refractivity contribution in [3.05, 3.63) is 47.5 Å². The van der Waals surface area contributed by atoms with Crippen molar-refractivity contribution in [3.8, 4) is 5.75 Å². The van der Waals surface area contributed by atoms with Gasteiger partial charge in [-0.05, 0) is 74.4 Å². The molecular formula is C26H31N3O3S. The molecule has 3 heterocycles. The second kappa shape index (κ2) is 8.52. The number of hydrogen-bond acceptors (Lipinski definition) is 4. The summed E-state index contributed by atoms with van der Waals surface area (Å²) in [6, 6.07) is 11.6. The van der Waals surface area contributed by atoms with Gasteiger partial charge in [0.25, 0.3) is 5.91 Å². The Morgan fingerprint density at radius 1 is 1.21 bits per heavy atom. The maximum absolute atomic E-state index is 13.9. The number of nitrogens with zero attached hydrogens (tertiary/aromatic N) is 2. The average molecular weight is 466 g/mol.